The zero-order chi connectivity index (χ0) is 7.84. The number of H-pyrrole nitrogens is 1. The summed E-state index contributed by atoms with van der Waals surface area (Å²) in [5.41, 5.74) is 7.10. The molecule has 1 aliphatic rings. The SMILES string of the molecule is NC1CCc2[nH]oc(=O)c2C1. The molecule has 1 aliphatic carbocycles. The van der Waals surface area contributed by atoms with Gasteiger partial charge in [0.2, 0.25) is 0 Å². The summed E-state index contributed by atoms with van der Waals surface area (Å²) in [5.74, 6) is 0. The standard InChI is InChI=1S/C7H10N2O2/c8-4-1-2-6-5(3-4)7(10)11-9-6/h4,9H,1-3,8H2. The van der Waals surface area contributed by atoms with Crippen molar-refractivity contribution in [2.24, 2.45) is 5.73 Å². The first-order chi connectivity index (χ1) is 5.27. The van der Waals surface area contributed by atoms with Crippen molar-refractivity contribution in [1.82, 2.24) is 5.16 Å². The van der Waals surface area contributed by atoms with E-state index in [4.69, 9.17) is 5.73 Å². The molecule has 0 aromatic carbocycles. The van der Waals surface area contributed by atoms with E-state index in [1.807, 2.05) is 0 Å². The highest BCUT2D eigenvalue weighted by molar-refractivity contribution is 5.19. The molecule has 11 heavy (non-hydrogen) atoms. The number of aromatic amines is 1. The normalized spacial score (nSPS) is 23.2. The van der Waals surface area contributed by atoms with E-state index in [2.05, 4.69) is 9.68 Å². The molecule has 0 saturated carbocycles. The van der Waals surface area contributed by atoms with Crippen molar-refractivity contribution in [2.45, 2.75) is 25.3 Å². The van der Waals surface area contributed by atoms with Gasteiger partial charge in [0, 0.05) is 6.04 Å². The molecule has 0 bridgehead atoms. The Hall–Kier alpha value is -1.03. The number of hydrogen-bond donors (Lipinski definition) is 2. The minimum absolute atomic E-state index is 0.126. The predicted octanol–water partition coefficient (Wildman–Crippen LogP) is -0.216. The van der Waals surface area contributed by atoms with E-state index < -0.39 is 0 Å². The Balaban J connectivity index is 2.45. The molecule has 0 amide bonds. The zero-order valence-electron chi connectivity index (χ0n) is 6.09. The molecule has 0 saturated heterocycles. The molecule has 1 heterocycles. The van der Waals surface area contributed by atoms with Crippen molar-refractivity contribution in [2.75, 3.05) is 0 Å². The third kappa shape index (κ3) is 0.991. The summed E-state index contributed by atoms with van der Waals surface area (Å²) in [4.78, 5) is 11.0. The van der Waals surface area contributed by atoms with Gasteiger partial charge in [-0.1, -0.05) is 0 Å². The maximum atomic E-state index is 11.0. The van der Waals surface area contributed by atoms with Gasteiger partial charge in [-0.25, -0.2) is 9.95 Å². The topological polar surface area (TPSA) is 72.0 Å². The highest BCUT2D eigenvalue weighted by Gasteiger charge is 2.20. The number of aromatic nitrogens is 1. The number of aryl methyl sites for hydroxylation is 1. The fraction of sp³-hybridized carbons (Fsp3) is 0.571. The lowest BCUT2D eigenvalue weighted by Gasteiger charge is -2.14. The van der Waals surface area contributed by atoms with Crippen molar-refractivity contribution in [3.63, 3.8) is 0 Å². The first-order valence-electron chi connectivity index (χ1n) is 3.72. The second kappa shape index (κ2) is 2.23. The highest BCUT2D eigenvalue weighted by atomic mass is 16.5. The Labute approximate surface area is 63.4 Å². The summed E-state index contributed by atoms with van der Waals surface area (Å²) < 4.78 is 4.63. The average Bonchev–Trinajstić information content (AvgIpc) is 2.33. The minimum atomic E-state index is -0.254. The first kappa shape index (κ1) is 6.67. The van der Waals surface area contributed by atoms with Crippen LogP contribution in [0.1, 0.15) is 17.7 Å². The van der Waals surface area contributed by atoms with Crippen LogP contribution in [0, 0.1) is 0 Å². The molecule has 1 unspecified atom stereocenters. The molecule has 0 radical (unpaired) electrons. The molecular weight excluding hydrogens is 144 g/mol. The van der Waals surface area contributed by atoms with Crippen LogP contribution in [0.3, 0.4) is 0 Å². The largest absolute Gasteiger partial charge is 0.360 e. The fourth-order valence-electron chi connectivity index (χ4n) is 1.46. The molecule has 1 aromatic heterocycles. The van der Waals surface area contributed by atoms with Crippen LogP contribution in [0.25, 0.3) is 0 Å². The molecular formula is C7H10N2O2. The van der Waals surface area contributed by atoms with Crippen LogP contribution in [-0.4, -0.2) is 11.2 Å². The van der Waals surface area contributed by atoms with Gasteiger partial charge in [0.1, 0.15) is 0 Å². The second-order valence-corrected chi connectivity index (χ2v) is 2.95. The summed E-state index contributed by atoms with van der Waals surface area (Å²) in [7, 11) is 0. The molecule has 60 valence electrons. The van der Waals surface area contributed by atoms with Crippen LogP contribution in [0.4, 0.5) is 0 Å². The summed E-state index contributed by atoms with van der Waals surface area (Å²) >= 11 is 0. The summed E-state index contributed by atoms with van der Waals surface area (Å²) in [6.45, 7) is 0. The van der Waals surface area contributed by atoms with Gasteiger partial charge >= 0.3 is 5.63 Å². The van der Waals surface area contributed by atoms with Gasteiger partial charge < -0.3 is 10.3 Å². The van der Waals surface area contributed by atoms with Gasteiger partial charge in [-0.05, 0) is 19.3 Å². The summed E-state index contributed by atoms with van der Waals surface area (Å²) in [6, 6.07) is 0.126. The number of nitrogens with two attached hydrogens (primary N) is 1. The Morgan fingerprint density at radius 3 is 3.27 bits per heavy atom. The van der Waals surface area contributed by atoms with E-state index in [0.29, 0.717) is 6.42 Å². The molecule has 1 atom stereocenters. The minimum Gasteiger partial charge on any atom is -0.339 e. The monoisotopic (exact) mass is 154 g/mol. The van der Waals surface area contributed by atoms with Gasteiger partial charge in [-0.2, -0.15) is 0 Å². The van der Waals surface area contributed by atoms with Crippen LogP contribution in [0.15, 0.2) is 9.32 Å². The molecule has 4 heteroatoms. The summed E-state index contributed by atoms with van der Waals surface area (Å²) in [6.07, 6.45) is 2.42. The molecule has 3 N–H and O–H groups in total. The van der Waals surface area contributed by atoms with Crippen molar-refractivity contribution in [1.29, 1.82) is 0 Å². The molecule has 0 aliphatic heterocycles. The Bertz CT molecular complexity index is 312. The van der Waals surface area contributed by atoms with E-state index in [9.17, 15) is 4.79 Å². The van der Waals surface area contributed by atoms with Crippen molar-refractivity contribution in [3.8, 4) is 0 Å². The van der Waals surface area contributed by atoms with E-state index in [1.165, 1.54) is 0 Å². The molecule has 0 fully saturated rings. The third-order valence-electron chi connectivity index (χ3n) is 2.11. The van der Waals surface area contributed by atoms with E-state index in [-0.39, 0.29) is 11.7 Å². The second-order valence-electron chi connectivity index (χ2n) is 2.95. The lowest BCUT2D eigenvalue weighted by molar-refractivity contribution is 0.384. The maximum Gasteiger partial charge on any atom is 0.360 e. The molecule has 0 spiro atoms. The number of rotatable bonds is 0. The smallest absolute Gasteiger partial charge is 0.339 e. The fourth-order valence-corrected chi connectivity index (χ4v) is 1.46. The molecule has 2 rings (SSSR count). The predicted molar refractivity (Wildman–Crippen MR) is 39.3 cm³/mol. The van der Waals surface area contributed by atoms with Crippen molar-refractivity contribution >= 4 is 0 Å². The van der Waals surface area contributed by atoms with E-state index in [1.54, 1.807) is 0 Å². The lowest BCUT2D eigenvalue weighted by Crippen LogP contribution is -2.29. The third-order valence-corrected chi connectivity index (χ3v) is 2.11. The van der Waals surface area contributed by atoms with Crippen LogP contribution in [0.5, 0.6) is 0 Å². The van der Waals surface area contributed by atoms with Crippen molar-refractivity contribution in [3.05, 3.63) is 21.7 Å². The lowest BCUT2D eigenvalue weighted by atomic mass is 9.94. The van der Waals surface area contributed by atoms with Crippen LogP contribution in [0.2, 0.25) is 0 Å². The van der Waals surface area contributed by atoms with Gasteiger partial charge in [0.05, 0.1) is 11.3 Å². The van der Waals surface area contributed by atoms with E-state index in [0.717, 1.165) is 24.1 Å². The van der Waals surface area contributed by atoms with Crippen LogP contribution >= 0.6 is 0 Å². The number of nitrogens with one attached hydrogen (secondary N) is 1. The Kier molecular flexibility index (Phi) is 1.35. The Morgan fingerprint density at radius 1 is 1.64 bits per heavy atom. The van der Waals surface area contributed by atoms with Gasteiger partial charge in [-0.3, -0.25) is 0 Å². The Morgan fingerprint density at radius 2 is 2.45 bits per heavy atom. The molecule has 1 aromatic rings. The van der Waals surface area contributed by atoms with Crippen molar-refractivity contribution < 1.29 is 4.52 Å². The van der Waals surface area contributed by atoms with Crippen LogP contribution in [-0.2, 0) is 12.8 Å². The average molecular weight is 154 g/mol. The number of hydrogen-bond acceptors (Lipinski definition) is 3. The summed E-state index contributed by atoms with van der Waals surface area (Å²) in [5, 5.41) is 2.60. The number of fused-ring (bicyclic) bond motifs is 1. The zero-order valence-corrected chi connectivity index (χ0v) is 6.09. The van der Waals surface area contributed by atoms with Crippen LogP contribution < -0.4 is 11.4 Å². The van der Waals surface area contributed by atoms with E-state index >= 15 is 0 Å². The quantitative estimate of drug-likeness (QED) is 0.542. The maximum absolute atomic E-state index is 11.0. The van der Waals surface area contributed by atoms with Gasteiger partial charge in [0.25, 0.3) is 0 Å². The molecule has 4 nitrogen and oxygen atoms in total. The first-order valence-corrected chi connectivity index (χ1v) is 3.72. The van der Waals surface area contributed by atoms with Gasteiger partial charge in [-0.15, -0.1) is 0 Å². The highest BCUT2D eigenvalue weighted by Crippen LogP contribution is 2.14. The van der Waals surface area contributed by atoms with Gasteiger partial charge in [0.15, 0.2) is 0 Å².